The molecule has 1 aromatic carbocycles. The molecule has 0 radical (unpaired) electrons. The van der Waals surface area contributed by atoms with Crippen LogP contribution in [-0.2, 0) is 17.5 Å². The van der Waals surface area contributed by atoms with Crippen LogP contribution in [0.4, 0.5) is 13.2 Å². The van der Waals surface area contributed by atoms with Gasteiger partial charge in [0.15, 0.2) is 0 Å². The predicted octanol–water partition coefficient (Wildman–Crippen LogP) is 5.98. The number of halogens is 3. The van der Waals surface area contributed by atoms with Crippen LogP contribution in [0.1, 0.15) is 68.9 Å². The molecule has 0 amide bonds. The molecule has 2 aliphatic rings. The molecule has 1 aliphatic heterocycles. The number of aliphatic carboxylic acids is 1. The summed E-state index contributed by atoms with van der Waals surface area (Å²) in [7, 11) is 0. The van der Waals surface area contributed by atoms with Crippen molar-refractivity contribution >= 4 is 5.97 Å². The molecule has 1 aliphatic carbocycles. The van der Waals surface area contributed by atoms with Crippen molar-refractivity contribution in [3.05, 3.63) is 35.4 Å². The molecule has 0 bridgehead atoms. The minimum atomic E-state index is -4.32. The van der Waals surface area contributed by atoms with Crippen LogP contribution in [0.5, 0.6) is 0 Å². The Balaban J connectivity index is 1.68. The van der Waals surface area contributed by atoms with E-state index >= 15 is 0 Å². The Morgan fingerprint density at radius 1 is 0.966 bits per heavy atom. The van der Waals surface area contributed by atoms with E-state index in [-0.39, 0.29) is 12.3 Å². The monoisotopic (exact) mass is 411 g/mol. The fourth-order valence-corrected chi connectivity index (χ4v) is 5.23. The van der Waals surface area contributed by atoms with E-state index < -0.39 is 17.7 Å². The second-order valence-electron chi connectivity index (χ2n) is 8.95. The van der Waals surface area contributed by atoms with Crippen molar-refractivity contribution in [2.45, 2.75) is 70.5 Å². The van der Waals surface area contributed by atoms with Crippen molar-refractivity contribution in [3.8, 4) is 0 Å². The lowest BCUT2D eigenvalue weighted by Crippen LogP contribution is -2.43. The summed E-state index contributed by atoms with van der Waals surface area (Å²) in [6.45, 7) is 2.20. The molecular weight excluding hydrogens is 379 g/mol. The van der Waals surface area contributed by atoms with Gasteiger partial charge >= 0.3 is 12.1 Å². The Labute approximate surface area is 171 Å². The van der Waals surface area contributed by atoms with Gasteiger partial charge in [-0.2, -0.15) is 13.2 Å². The molecule has 1 aromatic rings. The van der Waals surface area contributed by atoms with Gasteiger partial charge in [0.25, 0.3) is 0 Å². The van der Waals surface area contributed by atoms with Crippen molar-refractivity contribution in [2.24, 2.45) is 17.8 Å². The first-order valence-corrected chi connectivity index (χ1v) is 10.9. The number of carboxylic acids is 1. The number of piperidine rings is 1. The second kappa shape index (κ2) is 9.96. The van der Waals surface area contributed by atoms with Gasteiger partial charge in [-0.25, -0.2) is 0 Å². The van der Waals surface area contributed by atoms with Gasteiger partial charge in [-0.1, -0.05) is 57.1 Å². The van der Waals surface area contributed by atoms with Crippen molar-refractivity contribution in [3.63, 3.8) is 0 Å². The van der Waals surface area contributed by atoms with Gasteiger partial charge in [0.05, 0.1) is 5.56 Å². The number of carboxylic acid groups (broad SMARTS) is 1. The summed E-state index contributed by atoms with van der Waals surface area (Å²) in [5, 5.41) is 9.30. The Bertz CT molecular complexity index is 651. The van der Waals surface area contributed by atoms with Crippen LogP contribution in [0.2, 0.25) is 0 Å². The molecule has 1 heterocycles. The summed E-state index contributed by atoms with van der Waals surface area (Å²) < 4.78 is 38.4. The highest BCUT2D eigenvalue weighted by Gasteiger charge is 2.33. The number of hydrogen-bond donors (Lipinski definition) is 1. The van der Waals surface area contributed by atoms with Crippen LogP contribution in [0.3, 0.4) is 0 Å². The maximum Gasteiger partial charge on any atom is 0.416 e. The van der Waals surface area contributed by atoms with E-state index in [4.69, 9.17) is 0 Å². The van der Waals surface area contributed by atoms with E-state index in [2.05, 4.69) is 4.90 Å². The number of likely N-dealkylation sites (tertiary alicyclic amines) is 1. The summed E-state index contributed by atoms with van der Waals surface area (Å²) in [6.07, 6.45) is 5.66. The highest BCUT2D eigenvalue weighted by molar-refractivity contribution is 5.67. The maximum absolute atomic E-state index is 12.8. The Kier molecular flexibility index (Phi) is 7.60. The van der Waals surface area contributed by atoms with Gasteiger partial charge in [0.2, 0.25) is 0 Å². The first kappa shape index (κ1) is 22.1. The maximum atomic E-state index is 12.8. The third kappa shape index (κ3) is 6.73. The van der Waals surface area contributed by atoms with Crippen LogP contribution in [0, 0.1) is 17.8 Å². The molecule has 0 spiro atoms. The fourth-order valence-electron chi connectivity index (χ4n) is 5.23. The van der Waals surface area contributed by atoms with Gasteiger partial charge in [0.1, 0.15) is 0 Å². The molecule has 1 saturated carbocycles. The van der Waals surface area contributed by atoms with E-state index in [1.807, 2.05) is 0 Å². The molecule has 2 fully saturated rings. The van der Waals surface area contributed by atoms with Crippen molar-refractivity contribution in [2.75, 3.05) is 13.1 Å². The smallest absolute Gasteiger partial charge is 0.416 e. The Hall–Kier alpha value is -1.56. The minimum absolute atomic E-state index is 0.117. The highest BCUT2D eigenvalue weighted by Crippen LogP contribution is 2.37. The van der Waals surface area contributed by atoms with E-state index in [0.717, 1.165) is 30.7 Å². The molecular formula is C23H32F3NO2. The zero-order valence-electron chi connectivity index (χ0n) is 17.0. The Morgan fingerprint density at radius 3 is 2.17 bits per heavy atom. The van der Waals surface area contributed by atoms with E-state index in [1.165, 1.54) is 44.9 Å². The predicted molar refractivity (Wildman–Crippen MR) is 106 cm³/mol. The number of carbonyl (C=O) groups is 1. The molecule has 2 atom stereocenters. The van der Waals surface area contributed by atoms with Crippen LogP contribution in [-0.4, -0.2) is 29.1 Å². The summed E-state index contributed by atoms with van der Waals surface area (Å²) in [6, 6.07) is 5.38. The third-order valence-corrected chi connectivity index (χ3v) is 6.61. The molecule has 162 valence electrons. The lowest BCUT2D eigenvalue weighted by Gasteiger charge is -2.41. The van der Waals surface area contributed by atoms with Crippen LogP contribution >= 0.6 is 0 Å². The lowest BCUT2D eigenvalue weighted by molar-refractivity contribution is -0.139. The standard InChI is InChI=1S/C23H32F3NO2/c24-23(25,26)21-10-8-17(9-11-21)14-27-15-18(13-22(28)29)12-20(16-27)19-6-4-2-1-3-5-7-19/h8-11,18-20H,1-7,12-16H2,(H,28,29)/t18-,20+/m1/s1. The molecule has 1 saturated heterocycles. The lowest BCUT2D eigenvalue weighted by atomic mass is 9.74. The van der Waals surface area contributed by atoms with Gasteiger partial charge in [-0.3, -0.25) is 9.69 Å². The normalized spacial score (nSPS) is 25.3. The number of rotatable bonds is 5. The van der Waals surface area contributed by atoms with Crippen molar-refractivity contribution in [1.82, 2.24) is 4.90 Å². The average molecular weight is 412 g/mol. The molecule has 1 N–H and O–H groups in total. The number of hydrogen-bond acceptors (Lipinski definition) is 2. The van der Waals surface area contributed by atoms with E-state index in [1.54, 1.807) is 12.1 Å². The molecule has 3 nitrogen and oxygen atoms in total. The summed E-state index contributed by atoms with van der Waals surface area (Å²) in [4.78, 5) is 13.6. The molecule has 0 unspecified atom stereocenters. The first-order valence-electron chi connectivity index (χ1n) is 10.9. The zero-order chi connectivity index (χ0) is 20.9. The van der Waals surface area contributed by atoms with Gasteiger partial charge < -0.3 is 5.11 Å². The third-order valence-electron chi connectivity index (χ3n) is 6.61. The van der Waals surface area contributed by atoms with E-state index in [0.29, 0.717) is 24.9 Å². The average Bonchev–Trinajstić information content (AvgIpc) is 2.60. The van der Waals surface area contributed by atoms with Crippen molar-refractivity contribution < 1.29 is 23.1 Å². The fraction of sp³-hybridized carbons (Fsp3) is 0.696. The summed E-state index contributed by atoms with van der Waals surface area (Å²) in [5.74, 6) is 0.483. The highest BCUT2D eigenvalue weighted by atomic mass is 19.4. The van der Waals surface area contributed by atoms with Crippen LogP contribution < -0.4 is 0 Å². The molecule has 3 rings (SSSR count). The zero-order valence-corrected chi connectivity index (χ0v) is 17.0. The first-order chi connectivity index (χ1) is 13.8. The molecule has 6 heteroatoms. The van der Waals surface area contributed by atoms with Crippen LogP contribution in [0.25, 0.3) is 0 Å². The second-order valence-corrected chi connectivity index (χ2v) is 8.95. The number of benzene rings is 1. The molecule has 0 aromatic heterocycles. The topological polar surface area (TPSA) is 40.5 Å². The largest absolute Gasteiger partial charge is 0.481 e. The number of nitrogens with zero attached hydrogens (tertiary/aromatic N) is 1. The van der Waals surface area contributed by atoms with Crippen LogP contribution in [0.15, 0.2) is 24.3 Å². The summed E-state index contributed by atoms with van der Waals surface area (Å²) in [5.41, 5.74) is 0.224. The van der Waals surface area contributed by atoms with E-state index in [9.17, 15) is 23.1 Å². The number of alkyl halides is 3. The minimum Gasteiger partial charge on any atom is -0.481 e. The van der Waals surface area contributed by atoms with Gasteiger partial charge in [-0.05, 0) is 41.9 Å². The quantitative estimate of drug-likeness (QED) is 0.648. The molecule has 29 heavy (non-hydrogen) atoms. The van der Waals surface area contributed by atoms with Gasteiger partial charge in [-0.15, -0.1) is 0 Å². The SMILES string of the molecule is O=C(O)C[C@H]1C[C@H](C2CCCCCCC2)CN(Cc2ccc(C(F)(F)F)cc2)C1. The Morgan fingerprint density at radius 2 is 1.59 bits per heavy atom. The summed E-state index contributed by atoms with van der Waals surface area (Å²) >= 11 is 0. The van der Waals surface area contributed by atoms with Crippen molar-refractivity contribution in [1.29, 1.82) is 0 Å². The van der Waals surface area contributed by atoms with Gasteiger partial charge in [0, 0.05) is 26.1 Å².